The largest absolute Gasteiger partial charge is 0.369 e. The van der Waals surface area contributed by atoms with Crippen molar-refractivity contribution in [1.29, 1.82) is 0 Å². The molecule has 0 spiro atoms. The summed E-state index contributed by atoms with van der Waals surface area (Å²) in [6.07, 6.45) is 0.197. The molecule has 0 saturated heterocycles. The highest BCUT2D eigenvalue weighted by molar-refractivity contribution is 5.84. The third kappa shape index (κ3) is 3.60. The van der Waals surface area contributed by atoms with Crippen LogP contribution in [-0.2, 0) is 9.59 Å². The van der Waals surface area contributed by atoms with Crippen LogP contribution in [0.25, 0.3) is 0 Å². The zero-order chi connectivity index (χ0) is 9.02. The minimum atomic E-state index is -0.430. The van der Waals surface area contributed by atoms with Gasteiger partial charge in [-0.1, -0.05) is 6.92 Å². The molecular formula is C7H14N2O2. The Morgan fingerprint density at radius 1 is 1.45 bits per heavy atom. The van der Waals surface area contributed by atoms with Gasteiger partial charge in [-0.15, -0.1) is 0 Å². The molecule has 0 saturated carbocycles. The van der Waals surface area contributed by atoms with E-state index >= 15 is 0 Å². The van der Waals surface area contributed by atoms with Gasteiger partial charge < -0.3 is 10.6 Å². The van der Waals surface area contributed by atoms with Gasteiger partial charge in [0.05, 0.1) is 0 Å². The van der Waals surface area contributed by atoms with Gasteiger partial charge in [-0.3, -0.25) is 9.59 Å². The number of carbonyl (C=O) groups is 2. The molecule has 1 unspecified atom stereocenters. The van der Waals surface area contributed by atoms with Crippen molar-refractivity contribution in [1.82, 2.24) is 4.90 Å². The molecule has 0 heterocycles. The number of carbonyl (C=O) groups excluding carboxylic acids is 2. The number of nitrogens with zero attached hydrogens (tertiary/aromatic N) is 1. The Labute approximate surface area is 66.4 Å². The molecule has 0 fully saturated rings. The number of hydrogen-bond donors (Lipinski definition) is 1. The molecule has 4 nitrogen and oxygen atoms in total. The average Bonchev–Trinajstić information content (AvgIpc) is 1.87. The van der Waals surface area contributed by atoms with E-state index < -0.39 is 5.91 Å². The van der Waals surface area contributed by atoms with E-state index in [1.165, 1.54) is 4.90 Å². The quantitative estimate of drug-likeness (QED) is 0.606. The number of nitrogens with two attached hydrogens (primary N) is 1. The van der Waals surface area contributed by atoms with Gasteiger partial charge in [-0.25, -0.2) is 0 Å². The van der Waals surface area contributed by atoms with Crippen molar-refractivity contribution in [3.63, 3.8) is 0 Å². The fraction of sp³-hybridized carbons (Fsp3) is 0.714. The standard InChI is InChI=1S/C7H14N2O2/c1-5(7(8)11)4-6(10)9(2)3/h5H,4H2,1-3H3,(H2,8,11). The predicted octanol–water partition coefficient (Wildman–Crippen LogP) is -0.414. The van der Waals surface area contributed by atoms with Gasteiger partial charge in [0.2, 0.25) is 11.8 Å². The van der Waals surface area contributed by atoms with Crippen LogP contribution in [0.3, 0.4) is 0 Å². The van der Waals surface area contributed by atoms with Gasteiger partial charge >= 0.3 is 0 Å². The first kappa shape index (κ1) is 9.94. The highest BCUT2D eigenvalue weighted by Crippen LogP contribution is 2.01. The minimum absolute atomic E-state index is 0.0729. The molecule has 0 aromatic rings. The van der Waals surface area contributed by atoms with E-state index in [1.54, 1.807) is 21.0 Å². The molecule has 0 bridgehead atoms. The van der Waals surface area contributed by atoms with Crippen molar-refractivity contribution < 1.29 is 9.59 Å². The predicted molar refractivity (Wildman–Crippen MR) is 41.7 cm³/mol. The van der Waals surface area contributed by atoms with Crippen molar-refractivity contribution in [2.75, 3.05) is 14.1 Å². The van der Waals surface area contributed by atoms with Crippen LogP contribution in [0.15, 0.2) is 0 Å². The Balaban J connectivity index is 3.85. The number of primary amides is 1. The topological polar surface area (TPSA) is 63.4 Å². The number of rotatable bonds is 3. The summed E-state index contributed by atoms with van der Waals surface area (Å²) in [5.74, 6) is -0.874. The van der Waals surface area contributed by atoms with Crippen LogP contribution in [0.5, 0.6) is 0 Å². The second kappa shape index (κ2) is 3.95. The Bertz CT molecular complexity index is 166. The second-order valence-electron chi connectivity index (χ2n) is 2.80. The summed E-state index contributed by atoms with van der Waals surface area (Å²) in [7, 11) is 3.30. The first-order valence-electron chi connectivity index (χ1n) is 3.44. The first-order valence-corrected chi connectivity index (χ1v) is 3.44. The van der Waals surface area contributed by atoms with E-state index in [-0.39, 0.29) is 18.2 Å². The van der Waals surface area contributed by atoms with Crippen LogP contribution in [0.1, 0.15) is 13.3 Å². The molecule has 64 valence electrons. The smallest absolute Gasteiger partial charge is 0.222 e. The van der Waals surface area contributed by atoms with Crippen molar-refractivity contribution in [3.8, 4) is 0 Å². The highest BCUT2D eigenvalue weighted by Gasteiger charge is 2.14. The van der Waals surface area contributed by atoms with Crippen LogP contribution >= 0.6 is 0 Å². The van der Waals surface area contributed by atoms with Crippen LogP contribution < -0.4 is 5.73 Å². The lowest BCUT2D eigenvalue weighted by Crippen LogP contribution is -2.29. The molecule has 0 rings (SSSR count). The Morgan fingerprint density at radius 2 is 1.91 bits per heavy atom. The molecule has 0 aliphatic rings. The molecule has 1 atom stereocenters. The molecule has 0 aromatic heterocycles. The van der Waals surface area contributed by atoms with Crippen LogP contribution in [-0.4, -0.2) is 30.8 Å². The third-order valence-corrected chi connectivity index (χ3v) is 1.47. The SMILES string of the molecule is CC(CC(=O)N(C)C)C(N)=O. The summed E-state index contributed by atoms with van der Waals surface area (Å²) in [4.78, 5) is 22.9. The Morgan fingerprint density at radius 3 is 2.18 bits per heavy atom. The van der Waals surface area contributed by atoms with E-state index in [9.17, 15) is 9.59 Å². The highest BCUT2D eigenvalue weighted by atomic mass is 16.2. The van der Waals surface area contributed by atoms with Crippen LogP contribution in [0.4, 0.5) is 0 Å². The summed E-state index contributed by atoms with van der Waals surface area (Å²) in [5.41, 5.74) is 4.97. The monoisotopic (exact) mass is 158 g/mol. The van der Waals surface area contributed by atoms with Crippen LogP contribution in [0.2, 0.25) is 0 Å². The Hall–Kier alpha value is -1.06. The summed E-state index contributed by atoms with van der Waals surface area (Å²) in [5, 5.41) is 0. The van der Waals surface area contributed by atoms with E-state index in [2.05, 4.69) is 0 Å². The first-order chi connectivity index (χ1) is 4.95. The van der Waals surface area contributed by atoms with E-state index in [4.69, 9.17) is 5.73 Å². The fourth-order valence-corrected chi connectivity index (χ4v) is 0.545. The normalized spacial score (nSPS) is 12.3. The van der Waals surface area contributed by atoms with Gasteiger partial charge in [0, 0.05) is 26.4 Å². The number of hydrogen-bond acceptors (Lipinski definition) is 2. The van der Waals surface area contributed by atoms with Gasteiger partial charge in [0.15, 0.2) is 0 Å². The maximum Gasteiger partial charge on any atom is 0.222 e. The number of amides is 2. The van der Waals surface area contributed by atoms with Crippen LogP contribution in [0, 0.1) is 5.92 Å². The summed E-state index contributed by atoms with van der Waals surface area (Å²) < 4.78 is 0. The lowest BCUT2D eigenvalue weighted by molar-refractivity contribution is -0.133. The van der Waals surface area contributed by atoms with E-state index in [0.29, 0.717) is 0 Å². The summed E-state index contributed by atoms with van der Waals surface area (Å²) >= 11 is 0. The molecular weight excluding hydrogens is 144 g/mol. The molecule has 0 aliphatic heterocycles. The fourth-order valence-electron chi connectivity index (χ4n) is 0.545. The lowest BCUT2D eigenvalue weighted by atomic mass is 10.1. The van der Waals surface area contributed by atoms with E-state index in [0.717, 1.165) is 0 Å². The molecule has 0 radical (unpaired) electrons. The molecule has 2 N–H and O–H groups in total. The zero-order valence-corrected chi connectivity index (χ0v) is 7.13. The molecule has 0 aromatic carbocycles. The zero-order valence-electron chi connectivity index (χ0n) is 7.13. The molecule has 0 aliphatic carbocycles. The third-order valence-electron chi connectivity index (χ3n) is 1.47. The second-order valence-corrected chi connectivity index (χ2v) is 2.80. The maximum atomic E-state index is 11.0. The van der Waals surface area contributed by atoms with Crippen molar-refractivity contribution >= 4 is 11.8 Å². The van der Waals surface area contributed by atoms with Gasteiger partial charge in [0.25, 0.3) is 0 Å². The average molecular weight is 158 g/mol. The van der Waals surface area contributed by atoms with Gasteiger partial charge in [0.1, 0.15) is 0 Å². The molecule has 2 amide bonds. The van der Waals surface area contributed by atoms with E-state index in [1.807, 2.05) is 0 Å². The van der Waals surface area contributed by atoms with Crippen molar-refractivity contribution in [3.05, 3.63) is 0 Å². The lowest BCUT2D eigenvalue weighted by Gasteiger charge is -2.12. The molecule has 4 heteroatoms. The van der Waals surface area contributed by atoms with Gasteiger partial charge in [-0.05, 0) is 0 Å². The maximum absolute atomic E-state index is 11.0. The van der Waals surface area contributed by atoms with Gasteiger partial charge in [-0.2, -0.15) is 0 Å². The Kier molecular flexibility index (Phi) is 3.57. The van der Waals surface area contributed by atoms with Crippen molar-refractivity contribution in [2.45, 2.75) is 13.3 Å². The molecule has 11 heavy (non-hydrogen) atoms. The summed E-state index contributed by atoms with van der Waals surface area (Å²) in [6, 6.07) is 0. The summed E-state index contributed by atoms with van der Waals surface area (Å²) in [6.45, 7) is 1.64. The van der Waals surface area contributed by atoms with Crippen molar-refractivity contribution in [2.24, 2.45) is 11.7 Å². The minimum Gasteiger partial charge on any atom is -0.369 e.